The van der Waals surface area contributed by atoms with E-state index in [1.807, 2.05) is 24.3 Å². The van der Waals surface area contributed by atoms with Crippen LogP contribution in [-0.4, -0.2) is 22.4 Å². The number of nitrogen functional groups attached to an aromatic ring is 1. The zero-order valence-corrected chi connectivity index (χ0v) is 15.5. The summed E-state index contributed by atoms with van der Waals surface area (Å²) >= 11 is 11.7. The molecule has 27 heavy (non-hydrogen) atoms. The molecule has 0 amide bonds. The lowest BCUT2D eigenvalue weighted by Crippen LogP contribution is -2.03. The van der Waals surface area contributed by atoms with E-state index in [9.17, 15) is 0 Å². The molecule has 3 rings (SSSR count). The van der Waals surface area contributed by atoms with E-state index < -0.39 is 0 Å². The zero-order valence-electron chi connectivity index (χ0n) is 14.0. The van der Waals surface area contributed by atoms with Gasteiger partial charge in [-0.25, -0.2) is 0 Å². The number of nitrogens with two attached hydrogens (primary N) is 1. The highest BCUT2D eigenvalue weighted by atomic mass is 35.5. The minimum absolute atomic E-state index is 0.0888. The first-order chi connectivity index (χ1) is 13.1. The summed E-state index contributed by atoms with van der Waals surface area (Å²) in [5.74, 6) is 0.944. The first-order valence-corrected chi connectivity index (χ1v) is 8.58. The molecule has 0 aliphatic heterocycles. The van der Waals surface area contributed by atoms with Gasteiger partial charge in [-0.2, -0.15) is 20.2 Å². The molecule has 3 aromatic rings. The number of hydrazone groups is 2. The van der Waals surface area contributed by atoms with E-state index in [1.165, 1.54) is 0 Å². The molecule has 0 spiro atoms. The highest BCUT2D eigenvalue weighted by Crippen LogP contribution is 2.13. The van der Waals surface area contributed by atoms with Crippen LogP contribution in [0.15, 0.2) is 64.8 Å². The summed E-state index contributed by atoms with van der Waals surface area (Å²) in [6.07, 6.45) is 3.28. The number of aromatic nitrogens is 2. The molecule has 1 aromatic heterocycles. The van der Waals surface area contributed by atoms with E-state index in [4.69, 9.17) is 28.9 Å². The summed E-state index contributed by atoms with van der Waals surface area (Å²) in [7, 11) is 0. The van der Waals surface area contributed by atoms with E-state index in [1.54, 1.807) is 42.8 Å². The minimum Gasteiger partial charge on any atom is -0.368 e. The van der Waals surface area contributed by atoms with Crippen molar-refractivity contribution in [3.8, 4) is 0 Å². The molecular weight excluding hydrogens is 385 g/mol. The number of anilines is 3. The van der Waals surface area contributed by atoms with Gasteiger partial charge in [0, 0.05) is 16.1 Å². The van der Waals surface area contributed by atoms with Gasteiger partial charge < -0.3 is 5.73 Å². The molecule has 4 N–H and O–H groups in total. The Kier molecular flexibility index (Phi) is 6.19. The lowest BCUT2D eigenvalue weighted by Gasteiger charge is -2.04. The van der Waals surface area contributed by atoms with Crippen LogP contribution >= 0.6 is 23.2 Å². The van der Waals surface area contributed by atoms with E-state index in [0.29, 0.717) is 21.7 Å². The first-order valence-electron chi connectivity index (χ1n) is 7.82. The smallest absolute Gasteiger partial charge is 0.224 e. The molecule has 0 saturated heterocycles. The van der Waals surface area contributed by atoms with Crippen molar-refractivity contribution in [1.29, 1.82) is 0 Å². The van der Waals surface area contributed by atoms with E-state index in [-0.39, 0.29) is 5.95 Å². The summed E-state index contributed by atoms with van der Waals surface area (Å²) in [5, 5.41) is 9.57. The summed E-state index contributed by atoms with van der Waals surface area (Å²) in [6.45, 7) is 0. The molecule has 2 aromatic carbocycles. The van der Waals surface area contributed by atoms with Gasteiger partial charge in [-0.3, -0.25) is 10.9 Å². The normalized spacial score (nSPS) is 11.2. The Morgan fingerprint density at radius 3 is 1.56 bits per heavy atom. The summed E-state index contributed by atoms with van der Waals surface area (Å²) in [5.41, 5.74) is 13.1. The molecule has 0 fully saturated rings. The number of nitrogens with zero attached hydrogens (tertiary/aromatic N) is 4. The molecule has 7 nitrogen and oxygen atoms in total. The van der Waals surface area contributed by atoms with Gasteiger partial charge in [-0.05, 0) is 35.4 Å². The lowest BCUT2D eigenvalue weighted by atomic mass is 10.2. The summed E-state index contributed by atoms with van der Waals surface area (Å²) in [6, 6.07) is 16.2. The largest absolute Gasteiger partial charge is 0.368 e. The van der Waals surface area contributed by atoms with Crippen LogP contribution in [0.1, 0.15) is 11.1 Å². The monoisotopic (exact) mass is 399 g/mol. The Bertz CT molecular complexity index is 879. The average Bonchev–Trinajstić information content (AvgIpc) is 2.65. The Balaban J connectivity index is 1.63. The number of halogens is 2. The maximum Gasteiger partial charge on any atom is 0.224 e. The van der Waals surface area contributed by atoms with E-state index in [2.05, 4.69) is 31.0 Å². The van der Waals surface area contributed by atoms with Gasteiger partial charge in [0.05, 0.1) is 12.4 Å². The first kappa shape index (κ1) is 18.6. The van der Waals surface area contributed by atoms with Crippen molar-refractivity contribution in [2.75, 3.05) is 16.6 Å². The molecule has 136 valence electrons. The number of benzene rings is 2. The van der Waals surface area contributed by atoms with Gasteiger partial charge in [-0.1, -0.05) is 47.5 Å². The Morgan fingerprint density at radius 1 is 0.741 bits per heavy atom. The second-order valence-corrected chi connectivity index (χ2v) is 6.21. The van der Waals surface area contributed by atoms with Crippen molar-refractivity contribution in [2.45, 2.75) is 0 Å². The Morgan fingerprint density at radius 2 is 1.15 bits per heavy atom. The Hall–Kier alpha value is -3.16. The van der Waals surface area contributed by atoms with E-state index in [0.717, 1.165) is 11.1 Å². The lowest BCUT2D eigenvalue weighted by molar-refractivity contribution is 1.13. The van der Waals surface area contributed by atoms with Crippen LogP contribution < -0.4 is 16.6 Å². The van der Waals surface area contributed by atoms with Crippen LogP contribution in [0.3, 0.4) is 0 Å². The van der Waals surface area contributed by atoms with Crippen molar-refractivity contribution >= 4 is 53.2 Å². The average molecular weight is 400 g/mol. The SMILES string of the molecule is Nc1nc(N/N=C\c2ccc(Cl)cc2)cc(N/N=C\c2ccc(Cl)cc2)n1. The molecular formula is C18H15Cl2N7. The molecule has 0 aliphatic rings. The van der Waals surface area contributed by atoms with Crippen LogP contribution in [0.5, 0.6) is 0 Å². The minimum atomic E-state index is 0.0888. The molecule has 0 atom stereocenters. The van der Waals surface area contributed by atoms with Crippen molar-refractivity contribution in [2.24, 2.45) is 10.2 Å². The van der Waals surface area contributed by atoms with Gasteiger partial charge in [0.25, 0.3) is 0 Å². The highest BCUT2D eigenvalue weighted by molar-refractivity contribution is 6.30. The van der Waals surface area contributed by atoms with Gasteiger partial charge in [0.1, 0.15) is 0 Å². The maximum atomic E-state index is 5.85. The molecule has 1 heterocycles. The maximum absolute atomic E-state index is 5.85. The van der Waals surface area contributed by atoms with Crippen LogP contribution in [-0.2, 0) is 0 Å². The zero-order chi connectivity index (χ0) is 19.1. The van der Waals surface area contributed by atoms with Gasteiger partial charge in [-0.15, -0.1) is 0 Å². The molecule has 0 bridgehead atoms. The van der Waals surface area contributed by atoms with Crippen LogP contribution in [0.25, 0.3) is 0 Å². The second kappa shape index (κ2) is 8.98. The molecule has 0 radical (unpaired) electrons. The standard InChI is InChI=1S/C18H15Cl2N7/c19-14-5-1-12(2-6-14)10-22-26-16-9-17(25-18(21)24-16)27-23-11-13-3-7-15(20)8-4-13/h1-11H,(H4,21,24,25,26,27)/b22-10-,23-11-. The Labute approximate surface area is 165 Å². The van der Waals surface area contributed by atoms with Gasteiger partial charge in [0.2, 0.25) is 5.95 Å². The summed E-state index contributed by atoms with van der Waals surface area (Å²) in [4.78, 5) is 8.14. The fourth-order valence-corrected chi connectivity index (χ4v) is 2.28. The van der Waals surface area contributed by atoms with Crippen LogP contribution in [0, 0.1) is 0 Å². The third-order valence-electron chi connectivity index (χ3n) is 3.27. The van der Waals surface area contributed by atoms with Gasteiger partial charge >= 0.3 is 0 Å². The predicted octanol–water partition coefficient (Wildman–Crippen LogP) is 4.26. The second-order valence-electron chi connectivity index (χ2n) is 5.34. The topological polar surface area (TPSA) is 101 Å². The molecule has 0 saturated carbocycles. The van der Waals surface area contributed by atoms with E-state index >= 15 is 0 Å². The van der Waals surface area contributed by atoms with Crippen LogP contribution in [0.2, 0.25) is 10.0 Å². The summed E-state index contributed by atoms with van der Waals surface area (Å²) < 4.78 is 0. The fourth-order valence-electron chi connectivity index (χ4n) is 2.02. The predicted molar refractivity (Wildman–Crippen MR) is 112 cm³/mol. The third-order valence-corrected chi connectivity index (χ3v) is 3.77. The van der Waals surface area contributed by atoms with Crippen molar-refractivity contribution in [1.82, 2.24) is 9.97 Å². The van der Waals surface area contributed by atoms with Crippen LogP contribution in [0.4, 0.5) is 17.6 Å². The fraction of sp³-hybridized carbons (Fsp3) is 0. The van der Waals surface area contributed by atoms with Crippen molar-refractivity contribution in [3.63, 3.8) is 0 Å². The molecule has 0 unspecified atom stereocenters. The number of hydrogen-bond donors (Lipinski definition) is 3. The van der Waals surface area contributed by atoms with Crippen molar-refractivity contribution < 1.29 is 0 Å². The quantitative estimate of drug-likeness (QED) is 0.424. The van der Waals surface area contributed by atoms with Crippen molar-refractivity contribution in [3.05, 3.63) is 75.8 Å². The van der Waals surface area contributed by atoms with Gasteiger partial charge in [0.15, 0.2) is 11.6 Å². The molecule has 0 aliphatic carbocycles. The number of rotatable bonds is 6. The third kappa shape index (κ3) is 5.95. The number of hydrogen-bond acceptors (Lipinski definition) is 7. The highest BCUT2D eigenvalue weighted by Gasteiger charge is 2.01. The molecule has 9 heteroatoms. The number of nitrogens with one attached hydrogen (secondary N) is 2.